The van der Waals surface area contributed by atoms with Gasteiger partial charge in [-0.2, -0.15) is 4.98 Å². The number of rotatable bonds is 5. The standard InChI is InChI=1S/C20H22N4O3/c1-26-16-8-4-6-14(12-16)22-19(25)21-13-15-7-5-11-24(15)20-23-17-9-2-3-10-18(17)27-20/h2-4,6,8-10,12,15H,5,7,11,13H2,1H3,(H2,21,22,25). The molecule has 1 aliphatic heterocycles. The van der Waals surface area contributed by atoms with E-state index in [1.54, 1.807) is 13.2 Å². The maximum atomic E-state index is 12.2. The van der Waals surface area contributed by atoms with E-state index in [0.717, 1.165) is 30.5 Å². The number of para-hydroxylation sites is 2. The van der Waals surface area contributed by atoms with E-state index in [1.165, 1.54) is 0 Å². The van der Waals surface area contributed by atoms with E-state index in [-0.39, 0.29) is 12.1 Å². The number of aromatic nitrogens is 1. The third-order valence-corrected chi connectivity index (χ3v) is 4.73. The molecule has 2 amide bonds. The van der Waals surface area contributed by atoms with Gasteiger partial charge in [-0.1, -0.05) is 18.2 Å². The van der Waals surface area contributed by atoms with Crippen LogP contribution < -0.4 is 20.3 Å². The van der Waals surface area contributed by atoms with E-state index >= 15 is 0 Å². The second-order valence-electron chi connectivity index (χ2n) is 6.52. The molecule has 0 bridgehead atoms. The average Bonchev–Trinajstić information content (AvgIpc) is 3.32. The number of hydrogen-bond donors (Lipinski definition) is 2. The monoisotopic (exact) mass is 366 g/mol. The number of urea groups is 1. The van der Waals surface area contributed by atoms with E-state index in [9.17, 15) is 4.79 Å². The lowest BCUT2D eigenvalue weighted by molar-refractivity contribution is 0.251. The maximum Gasteiger partial charge on any atom is 0.319 e. The van der Waals surface area contributed by atoms with E-state index < -0.39 is 0 Å². The fourth-order valence-corrected chi connectivity index (χ4v) is 3.37. The van der Waals surface area contributed by atoms with E-state index in [1.807, 2.05) is 42.5 Å². The number of methoxy groups -OCH3 is 1. The molecule has 1 saturated heterocycles. The number of hydrogen-bond acceptors (Lipinski definition) is 5. The highest BCUT2D eigenvalue weighted by Gasteiger charge is 2.28. The van der Waals surface area contributed by atoms with Crippen molar-refractivity contribution in [1.82, 2.24) is 10.3 Å². The van der Waals surface area contributed by atoms with Crippen molar-refractivity contribution in [1.29, 1.82) is 0 Å². The van der Waals surface area contributed by atoms with Crippen molar-refractivity contribution in [2.75, 3.05) is 30.4 Å². The van der Waals surface area contributed by atoms with Crippen LogP contribution in [0.4, 0.5) is 16.5 Å². The lowest BCUT2D eigenvalue weighted by atomic mass is 10.2. The highest BCUT2D eigenvalue weighted by Crippen LogP contribution is 2.28. The van der Waals surface area contributed by atoms with Gasteiger partial charge in [0.2, 0.25) is 0 Å². The summed E-state index contributed by atoms with van der Waals surface area (Å²) in [6.45, 7) is 1.39. The molecule has 7 nitrogen and oxygen atoms in total. The molecule has 1 fully saturated rings. The largest absolute Gasteiger partial charge is 0.497 e. The molecule has 140 valence electrons. The van der Waals surface area contributed by atoms with Gasteiger partial charge < -0.3 is 24.7 Å². The quantitative estimate of drug-likeness (QED) is 0.721. The molecule has 0 saturated carbocycles. The molecule has 1 atom stereocenters. The summed E-state index contributed by atoms with van der Waals surface area (Å²) in [7, 11) is 1.60. The minimum Gasteiger partial charge on any atom is -0.497 e. The molecule has 1 aliphatic rings. The first-order valence-corrected chi connectivity index (χ1v) is 9.04. The van der Waals surface area contributed by atoms with Crippen molar-refractivity contribution in [3.63, 3.8) is 0 Å². The average molecular weight is 366 g/mol. The van der Waals surface area contributed by atoms with E-state index in [0.29, 0.717) is 24.0 Å². The smallest absolute Gasteiger partial charge is 0.319 e. The van der Waals surface area contributed by atoms with Crippen molar-refractivity contribution >= 4 is 28.8 Å². The number of oxazole rings is 1. The summed E-state index contributed by atoms with van der Waals surface area (Å²) in [6.07, 6.45) is 2.03. The van der Waals surface area contributed by atoms with Crippen LogP contribution in [0.5, 0.6) is 5.75 Å². The second kappa shape index (κ2) is 7.57. The van der Waals surface area contributed by atoms with E-state index in [2.05, 4.69) is 20.5 Å². The van der Waals surface area contributed by atoms with Crippen molar-refractivity contribution < 1.29 is 13.9 Å². The number of nitrogens with zero attached hydrogens (tertiary/aromatic N) is 2. The first-order chi connectivity index (χ1) is 13.2. The molecule has 3 aromatic rings. The molecule has 1 unspecified atom stereocenters. The van der Waals surface area contributed by atoms with Crippen LogP contribution in [0.2, 0.25) is 0 Å². The summed E-state index contributed by atoms with van der Waals surface area (Å²) >= 11 is 0. The summed E-state index contributed by atoms with van der Waals surface area (Å²) in [5, 5.41) is 5.77. The zero-order valence-corrected chi connectivity index (χ0v) is 15.1. The van der Waals surface area contributed by atoms with Gasteiger partial charge in [0.05, 0.1) is 13.2 Å². The van der Waals surface area contributed by atoms with Crippen LogP contribution >= 0.6 is 0 Å². The number of ether oxygens (including phenoxy) is 1. The van der Waals surface area contributed by atoms with Gasteiger partial charge in [0.25, 0.3) is 6.01 Å². The Hall–Kier alpha value is -3.22. The third-order valence-electron chi connectivity index (χ3n) is 4.73. The molecular formula is C20H22N4O3. The predicted octanol–water partition coefficient (Wildman–Crippen LogP) is 3.63. The fraction of sp³-hybridized carbons (Fsp3) is 0.300. The Labute approximate surface area is 157 Å². The number of anilines is 2. The molecule has 1 aromatic heterocycles. The van der Waals surface area contributed by atoms with Crippen LogP contribution in [0.1, 0.15) is 12.8 Å². The van der Waals surface area contributed by atoms with Crippen LogP contribution in [0, 0.1) is 0 Å². The van der Waals surface area contributed by atoms with Crippen LogP contribution in [0.15, 0.2) is 52.9 Å². The summed E-state index contributed by atoms with van der Waals surface area (Å²) in [6, 6.07) is 15.5. The molecule has 27 heavy (non-hydrogen) atoms. The van der Waals surface area contributed by atoms with Gasteiger partial charge in [0.1, 0.15) is 11.3 Å². The summed E-state index contributed by atoms with van der Waals surface area (Å²) in [5.74, 6) is 0.700. The molecule has 2 aromatic carbocycles. The molecule has 4 rings (SSSR count). The molecule has 7 heteroatoms. The Bertz CT molecular complexity index is 907. The number of fused-ring (bicyclic) bond motifs is 1. The Balaban J connectivity index is 1.37. The first-order valence-electron chi connectivity index (χ1n) is 9.04. The third kappa shape index (κ3) is 3.81. The van der Waals surface area contributed by atoms with Crippen molar-refractivity contribution in [2.45, 2.75) is 18.9 Å². The SMILES string of the molecule is COc1cccc(NC(=O)NCC2CCCN2c2nc3ccccc3o2)c1. The van der Waals surface area contributed by atoms with Crippen LogP contribution in [-0.4, -0.2) is 37.3 Å². The highest BCUT2D eigenvalue weighted by molar-refractivity contribution is 5.89. The molecular weight excluding hydrogens is 344 g/mol. The van der Waals surface area contributed by atoms with Gasteiger partial charge in [0.15, 0.2) is 5.58 Å². The van der Waals surface area contributed by atoms with Crippen LogP contribution in [0.25, 0.3) is 11.1 Å². The molecule has 0 aliphatic carbocycles. The highest BCUT2D eigenvalue weighted by atomic mass is 16.5. The fourth-order valence-electron chi connectivity index (χ4n) is 3.37. The molecule has 0 spiro atoms. The summed E-state index contributed by atoms with van der Waals surface area (Å²) in [4.78, 5) is 18.9. The summed E-state index contributed by atoms with van der Waals surface area (Å²) in [5.41, 5.74) is 2.32. The van der Waals surface area contributed by atoms with Gasteiger partial charge in [-0.3, -0.25) is 0 Å². The number of amides is 2. The second-order valence-corrected chi connectivity index (χ2v) is 6.52. The van der Waals surface area contributed by atoms with Crippen LogP contribution in [-0.2, 0) is 0 Å². The topological polar surface area (TPSA) is 79.6 Å². The minimum absolute atomic E-state index is 0.161. The minimum atomic E-state index is -0.243. The zero-order chi connectivity index (χ0) is 18.6. The predicted molar refractivity (Wildman–Crippen MR) is 104 cm³/mol. The molecule has 2 heterocycles. The van der Waals surface area contributed by atoms with Gasteiger partial charge in [-0.15, -0.1) is 0 Å². The lowest BCUT2D eigenvalue weighted by Gasteiger charge is -2.23. The number of nitrogens with one attached hydrogen (secondary N) is 2. The Morgan fingerprint density at radius 2 is 2.19 bits per heavy atom. The Kier molecular flexibility index (Phi) is 4.82. The van der Waals surface area contributed by atoms with Gasteiger partial charge in [-0.25, -0.2) is 4.79 Å². The van der Waals surface area contributed by atoms with Crippen molar-refractivity contribution in [2.24, 2.45) is 0 Å². The van der Waals surface area contributed by atoms with E-state index in [4.69, 9.17) is 9.15 Å². The van der Waals surface area contributed by atoms with Crippen molar-refractivity contribution in [3.05, 3.63) is 48.5 Å². The van der Waals surface area contributed by atoms with Gasteiger partial charge in [-0.05, 0) is 37.1 Å². The number of carbonyl (C=O) groups excluding carboxylic acids is 1. The number of carbonyl (C=O) groups is 1. The Morgan fingerprint density at radius 3 is 3.04 bits per heavy atom. The van der Waals surface area contributed by atoms with Crippen molar-refractivity contribution in [3.8, 4) is 5.75 Å². The Morgan fingerprint density at radius 1 is 1.30 bits per heavy atom. The lowest BCUT2D eigenvalue weighted by Crippen LogP contribution is -2.41. The molecule has 2 N–H and O–H groups in total. The summed E-state index contributed by atoms with van der Waals surface area (Å²) < 4.78 is 11.1. The zero-order valence-electron chi connectivity index (χ0n) is 15.1. The number of benzene rings is 2. The first kappa shape index (κ1) is 17.2. The van der Waals surface area contributed by atoms with Gasteiger partial charge in [0, 0.05) is 24.8 Å². The normalized spacial score (nSPS) is 16.5. The maximum absolute atomic E-state index is 12.2. The van der Waals surface area contributed by atoms with Crippen LogP contribution in [0.3, 0.4) is 0 Å². The van der Waals surface area contributed by atoms with Gasteiger partial charge >= 0.3 is 6.03 Å². The molecule has 0 radical (unpaired) electrons.